The minimum atomic E-state index is -0.267. The molecule has 4 nitrogen and oxygen atoms in total. The molecule has 1 fully saturated rings. The summed E-state index contributed by atoms with van der Waals surface area (Å²) in [6, 6.07) is 5.51. The van der Waals surface area contributed by atoms with E-state index in [1.807, 2.05) is 0 Å². The fourth-order valence-corrected chi connectivity index (χ4v) is 3.59. The SMILES string of the molecule is CCC1(OC(=O)c2ccc(OCCOCCl)c(I)c2)CCCC1. The van der Waals surface area contributed by atoms with E-state index in [2.05, 4.69) is 29.5 Å². The molecule has 0 amide bonds. The molecule has 0 unspecified atom stereocenters. The number of halogens is 2. The normalized spacial score (nSPS) is 16.3. The molecule has 128 valence electrons. The van der Waals surface area contributed by atoms with Gasteiger partial charge in [-0.05, 0) is 72.9 Å². The average Bonchev–Trinajstić information content (AvgIpc) is 3.01. The second kappa shape index (κ2) is 9.08. The summed E-state index contributed by atoms with van der Waals surface area (Å²) >= 11 is 7.59. The minimum Gasteiger partial charge on any atom is -0.490 e. The van der Waals surface area contributed by atoms with E-state index in [0.29, 0.717) is 18.8 Å². The van der Waals surface area contributed by atoms with E-state index >= 15 is 0 Å². The highest BCUT2D eigenvalue weighted by molar-refractivity contribution is 14.1. The van der Waals surface area contributed by atoms with Crippen molar-refractivity contribution in [3.05, 3.63) is 27.3 Å². The van der Waals surface area contributed by atoms with Gasteiger partial charge in [-0.3, -0.25) is 0 Å². The van der Waals surface area contributed by atoms with E-state index in [4.69, 9.17) is 25.8 Å². The van der Waals surface area contributed by atoms with Gasteiger partial charge < -0.3 is 14.2 Å². The quantitative estimate of drug-likeness (QED) is 0.247. The van der Waals surface area contributed by atoms with Gasteiger partial charge in [-0.25, -0.2) is 4.79 Å². The van der Waals surface area contributed by atoms with Crippen molar-refractivity contribution in [3.63, 3.8) is 0 Å². The van der Waals surface area contributed by atoms with Crippen LogP contribution in [0.15, 0.2) is 18.2 Å². The summed E-state index contributed by atoms with van der Waals surface area (Å²) in [5.41, 5.74) is 0.301. The summed E-state index contributed by atoms with van der Waals surface area (Å²) in [6.45, 7) is 2.94. The number of rotatable bonds is 8. The lowest BCUT2D eigenvalue weighted by atomic mass is 9.98. The van der Waals surface area contributed by atoms with E-state index in [1.165, 1.54) is 0 Å². The zero-order valence-corrected chi connectivity index (χ0v) is 16.2. The van der Waals surface area contributed by atoms with E-state index in [9.17, 15) is 4.79 Å². The Morgan fingerprint density at radius 3 is 2.65 bits per heavy atom. The molecule has 23 heavy (non-hydrogen) atoms. The van der Waals surface area contributed by atoms with Crippen molar-refractivity contribution in [2.75, 3.05) is 19.3 Å². The molecule has 2 rings (SSSR count). The van der Waals surface area contributed by atoms with Crippen molar-refractivity contribution in [1.29, 1.82) is 0 Å². The van der Waals surface area contributed by atoms with Crippen molar-refractivity contribution >= 4 is 40.2 Å². The zero-order chi connectivity index (χ0) is 16.7. The van der Waals surface area contributed by atoms with Gasteiger partial charge in [0.2, 0.25) is 0 Å². The molecule has 1 saturated carbocycles. The Balaban J connectivity index is 1.97. The van der Waals surface area contributed by atoms with Crippen LogP contribution in [0.3, 0.4) is 0 Å². The maximum absolute atomic E-state index is 12.4. The second-order valence-corrected chi connectivity index (χ2v) is 7.02. The topological polar surface area (TPSA) is 44.8 Å². The summed E-state index contributed by atoms with van der Waals surface area (Å²) in [5.74, 6) is 0.482. The fourth-order valence-electron chi connectivity index (χ4n) is 2.81. The standard InChI is InChI=1S/C17H22ClIO4/c1-2-17(7-3-4-8-17)23-16(20)13-5-6-15(14(19)11-13)22-10-9-21-12-18/h5-6,11H,2-4,7-10,12H2,1H3. The highest BCUT2D eigenvalue weighted by Crippen LogP contribution is 2.36. The van der Waals surface area contributed by atoms with Gasteiger partial charge in [0.05, 0.1) is 15.7 Å². The third kappa shape index (κ3) is 5.22. The zero-order valence-electron chi connectivity index (χ0n) is 13.3. The molecule has 6 heteroatoms. The van der Waals surface area contributed by atoms with Gasteiger partial charge in [0.15, 0.2) is 0 Å². The summed E-state index contributed by atoms with van der Waals surface area (Å²) in [7, 11) is 0. The van der Waals surface area contributed by atoms with Crippen LogP contribution in [0.5, 0.6) is 5.75 Å². The van der Waals surface area contributed by atoms with E-state index in [-0.39, 0.29) is 17.6 Å². The van der Waals surface area contributed by atoms with Gasteiger partial charge in [-0.15, -0.1) is 0 Å². The highest BCUT2D eigenvalue weighted by atomic mass is 127. The van der Waals surface area contributed by atoms with Crippen LogP contribution in [0.2, 0.25) is 0 Å². The van der Waals surface area contributed by atoms with Crippen LogP contribution in [-0.2, 0) is 9.47 Å². The molecular weight excluding hydrogens is 431 g/mol. The molecule has 1 aliphatic rings. The maximum atomic E-state index is 12.4. The predicted octanol–water partition coefficient (Wildman–Crippen LogP) is 4.76. The van der Waals surface area contributed by atoms with Gasteiger partial charge >= 0.3 is 5.97 Å². The van der Waals surface area contributed by atoms with Crippen LogP contribution in [0.25, 0.3) is 0 Å². The molecule has 0 heterocycles. The van der Waals surface area contributed by atoms with Crippen molar-refractivity contribution in [1.82, 2.24) is 0 Å². The first-order chi connectivity index (χ1) is 11.1. The molecule has 0 bridgehead atoms. The number of hydrogen-bond acceptors (Lipinski definition) is 4. The molecule has 0 aliphatic heterocycles. The van der Waals surface area contributed by atoms with E-state index < -0.39 is 0 Å². The lowest BCUT2D eigenvalue weighted by Gasteiger charge is -2.27. The first kappa shape index (κ1) is 18.8. The molecular formula is C17H22ClIO4. The molecule has 0 N–H and O–H groups in total. The van der Waals surface area contributed by atoms with Crippen LogP contribution >= 0.6 is 34.2 Å². The number of alkyl halides is 1. The number of carbonyl (C=O) groups excluding carboxylic acids is 1. The van der Waals surface area contributed by atoms with Crippen molar-refractivity contribution in [2.24, 2.45) is 0 Å². The molecule has 1 aromatic carbocycles. The molecule has 1 aliphatic carbocycles. The Hall–Kier alpha value is -0.530. The third-order valence-electron chi connectivity index (χ3n) is 4.20. The molecule has 0 atom stereocenters. The van der Waals surface area contributed by atoms with Crippen LogP contribution in [-0.4, -0.2) is 30.9 Å². The Morgan fingerprint density at radius 1 is 1.30 bits per heavy atom. The first-order valence-electron chi connectivity index (χ1n) is 7.89. The highest BCUT2D eigenvalue weighted by Gasteiger charge is 2.36. The van der Waals surface area contributed by atoms with Crippen molar-refractivity contribution in [3.8, 4) is 5.75 Å². The van der Waals surface area contributed by atoms with Crippen LogP contribution < -0.4 is 4.74 Å². The lowest BCUT2D eigenvalue weighted by molar-refractivity contribution is -0.0172. The van der Waals surface area contributed by atoms with Gasteiger partial charge in [0.1, 0.15) is 24.0 Å². The molecule has 1 aromatic rings. The van der Waals surface area contributed by atoms with Gasteiger partial charge in [-0.2, -0.15) is 0 Å². The van der Waals surface area contributed by atoms with Crippen LogP contribution in [0, 0.1) is 3.57 Å². The van der Waals surface area contributed by atoms with E-state index in [1.54, 1.807) is 18.2 Å². The molecule has 0 radical (unpaired) electrons. The Labute approximate surface area is 156 Å². The van der Waals surface area contributed by atoms with Gasteiger partial charge in [0.25, 0.3) is 0 Å². The summed E-state index contributed by atoms with van der Waals surface area (Å²) in [4.78, 5) is 12.4. The predicted molar refractivity (Wildman–Crippen MR) is 98.2 cm³/mol. The summed E-state index contributed by atoms with van der Waals surface area (Å²) in [6.07, 6.45) is 5.07. The number of carbonyl (C=O) groups is 1. The Bertz CT molecular complexity index is 529. The van der Waals surface area contributed by atoms with Gasteiger partial charge in [-0.1, -0.05) is 18.5 Å². The Kier molecular flexibility index (Phi) is 7.43. The average molecular weight is 453 g/mol. The minimum absolute atomic E-state index is 0.157. The van der Waals surface area contributed by atoms with Crippen LogP contribution in [0.4, 0.5) is 0 Å². The maximum Gasteiger partial charge on any atom is 0.338 e. The van der Waals surface area contributed by atoms with Gasteiger partial charge in [0, 0.05) is 0 Å². The Morgan fingerprint density at radius 2 is 2.04 bits per heavy atom. The second-order valence-electron chi connectivity index (χ2n) is 5.64. The molecule has 0 spiro atoms. The third-order valence-corrected chi connectivity index (χ3v) is 5.20. The number of ether oxygens (including phenoxy) is 3. The van der Waals surface area contributed by atoms with E-state index in [0.717, 1.165) is 41.4 Å². The van der Waals surface area contributed by atoms with Crippen LogP contribution in [0.1, 0.15) is 49.4 Å². The summed E-state index contributed by atoms with van der Waals surface area (Å²) < 4.78 is 17.3. The monoisotopic (exact) mass is 452 g/mol. The smallest absolute Gasteiger partial charge is 0.338 e. The number of esters is 1. The largest absolute Gasteiger partial charge is 0.490 e. The van der Waals surface area contributed by atoms with Crippen molar-refractivity contribution in [2.45, 2.75) is 44.6 Å². The summed E-state index contributed by atoms with van der Waals surface area (Å²) in [5, 5.41) is 0. The number of hydrogen-bond donors (Lipinski definition) is 0. The molecule has 0 aromatic heterocycles. The number of benzene rings is 1. The fraction of sp³-hybridized carbons (Fsp3) is 0.588. The van der Waals surface area contributed by atoms with Crippen molar-refractivity contribution < 1.29 is 19.0 Å². The lowest BCUT2D eigenvalue weighted by Crippen LogP contribution is -2.31. The first-order valence-corrected chi connectivity index (χ1v) is 9.51. The molecule has 0 saturated heterocycles.